The largest absolute Gasteiger partial charge is 1.00 e. The Balaban J connectivity index is -0.000000245. The third kappa shape index (κ3) is 11.5. The summed E-state index contributed by atoms with van der Waals surface area (Å²) in [7, 11) is -4.32. The summed E-state index contributed by atoms with van der Waals surface area (Å²) >= 11 is 0. The van der Waals surface area contributed by atoms with Gasteiger partial charge in [0.2, 0.25) is 5.91 Å². The van der Waals surface area contributed by atoms with Crippen molar-refractivity contribution in [1.82, 2.24) is 4.72 Å². The van der Waals surface area contributed by atoms with E-state index in [4.69, 9.17) is 4.55 Å². The first-order valence-corrected chi connectivity index (χ1v) is 3.11. The molecule has 9 heavy (non-hydrogen) atoms. The summed E-state index contributed by atoms with van der Waals surface area (Å²) in [4.78, 5) is 9.81. The van der Waals surface area contributed by atoms with Gasteiger partial charge in [-0.3, -0.25) is 9.35 Å². The van der Waals surface area contributed by atoms with E-state index in [1.54, 1.807) is 0 Å². The van der Waals surface area contributed by atoms with Gasteiger partial charge in [-0.2, -0.15) is 8.42 Å². The minimum absolute atomic E-state index is 0. The maximum Gasteiger partial charge on any atom is 1.00 e. The molecule has 5 nitrogen and oxygen atoms in total. The molecule has 0 aromatic carbocycles. The van der Waals surface area contributed by atoms with Gasteiger partial charge in [0.1, 0.15) is 0 Å². The van der Waals surface area contributed by atoms with Gasteiger partial charge in [-0.1, -0.05) is 0 Å². The molecule has 50 valence electrons. The van der Waals surface area contributed by atoms with Gasteiger partial charge in [0.15, 0.2) is 0 Å². The Labute approximate surface area is 66.4 Å². The molecular weight excluding hydrogens is 141 g/mol. The first-order chi connectivity index (χ1) is 3.42. The molecule has 0 saturated carbocycles. The average Bonchev–Trinajstić information content (AvgIpc) is 1.21. The standard InChI is InChI=1S/C2H5NO4S.Li.H/c1-2(4)3-8(5,6)7;;/h1H3,(H,3,4)(H,5,6,7);;/q;+1;-1. The zero-order chi connectivity index (χ0) is 6.78. The zero-order valence-corrected chi connectivity index (χ0v) is 5.90. The van der Waals surface area contributed by atoms with Crippen LogP contribution in [-0.4, -0.2) is 18.9 Å². The molecule has 0 heterocycles. The van der Waals surface area contributed by atoms with Gasteiger partial charge in [0, 0.05) is 6.92 Å². The monoisotopic (exact) mass is 147 g/mol. The van der Waals surface area contributed by atoms with Gasteiger partial charge in [-0.25, -0.2) is 4.72 Å². The predicted molar refractivity (Wildman–Crippen MR) is 26.5 cm³/mol. The molecule has 0 aromatic rings. The Morgan fingerprint density at radius 1 is 1.67 bits per heavy atom. The molecule has 0 fully saturated rings. The molecule has 0 aliphatic rings. The van der Waals surface area contributed by atoms with Crippen molar-refractivity contribution in [2.45, 2.75) is 6.92 Å². The molecule has 0 aromatic heterocycles. The third-order valence-corrected chi connectivity index (χ3v) is 0.818. The number of rotatable bonds is 1. The normalized spacial score (nSPS) is 9.56. The number of hydrogen-bond donors (Lipinski definition) is 2. The quantitative estimate of drug-likeness (QED) is 0.293. The summed E-state index contributed by atoms with van der Waals surface area (Å²) in [6.07, 6.45) is 0. The van der Waals surface area contributed by atoms with E-state index in [2.05, 4.69) is 0 Å². The second kappa shape index (κ2) is 3.90. The van der Waals surface area contributed by atoms with E-state index in [0.717, 1.165) is 6.92 Å². The van der Waals surface area contributed by atoms with Crippen molar-refractivity contribution in [2.75, 3.05) is 0 Å². The maximum absolute atomic E-state index is 9.81. The first kappa shape index (κ1) is 11.7. The van der Waals surface area contributed by atoms with Crippen LogP contribution in [0.25, 0.3) is 0 Å². The van der Waals surface area contributed by atoms with Gasteiger partial charge in [0.25, 0.3) is 0 Å². The third-order valence-electron chi connectivity index (χ3n) is 0.273. The molecule has 0 bridgehead atoms. The summed E-state index contributed by atoms with van der Waals surface area (Å²) < 4.78 is 28.4. The number of amides is 1. The molecule has 0 spiro atoms. The van der Waals surface area contributed by atoms with E-state index in [9.17, 15) is 13.2 Å². The minimum Gasteiger partial charge on any atom is -1.00 e. The predicted octanol–water partition coefficient (Wildman–Crippen LogP) is -3.96. The van der Waals surface area contributed by atoms with Crippen molar-refractivity contribution in [3.8, 4) is 0 Å². The van der Waals surface area contributed by atoms with Crippen LogP contribution in [0.1, 0.15) is 8.35 Å². The summed E-state index contributed by atoms with van der Waals surface area (Å²) in [5.41, 5.74) is 0. The van der Waals surface area contributed by atoms with Crippen molar-refractivity contribution < 1.29 is 38.1 Å². The van der Waals surface area contributed by atoms with E-state index >= 15 is 0 Å². The Morgan fingerprint density at radius 2 is 2.00 bits per heavy atom. The molecule has 0 rings (SSSR count). The van der Waals surface area contributed by atoms with E-state index in [1.807, 2.05) is 0 Å². The SMILES string of the molecule is CC(=O)NS(=O)(=O)O.[H-].[Li+]. The van der Waals surface area contributed by atoms with Gasteiger partial charge >= 0.3 is 29.2 Å². The molecule has 0 aliphatic heterocycles. The molecule has 0 radical (unpaired) electrons. The second-order valence-electron chi connectivity index (χ2n) is 1.13. The summed E-state index contributed by atoms with van der Waals surface area (Å²) in [6, 6.07) is 0. The fourth-order valence-corrected chi connectivity index (χ4v) is 0.545. The molecule has 0 atom stereocenters. The van der Waals surface area contributed by atoms with E-state index in [1.165, 1.54) is 4.72 Å². The van der Waals surface area contributed by atoms with Crippen molar-refractivity contribution in [1.29, 1.82) is 0 Å². The maximum atomic E-state index is 9.81. The number of carbonyl (C=O) groups is 1. The fraction of sp³-hybridized carbons (Fsp3) is 0.500. The van der Waals surface area contributed by atoms with Gasteiger partial charge in [-0.15, -0.1) is 0 Å². The summed E-state index contributed by atoms with van der Waals surface area (Å²) in [5, 5.41) is 0. The van der Waals surface area contributed by atoms with Gasteiger partial charge in [-0.05, 0) is 0 Å². The van der Waals surface area contributed by atoms with E-state index < -0.39 is 16.2 Å². The van der Waals surface area contributed by atoms with Gasteiger partial charge in [0.05, 0.1) is 0 Å². The zero-order valence-electron chi connectivity index (χ0n) is 6.08. The molecule has 2 N–H and O–H groups in total. The van der Waals surface area contributed by atoms with E-state index in [0.29, 0.717) is 0 Å². The van der Waals surface area contributed by atoms with Crippen LogP contribution >= 0.6 is 0 Å². The summed E-state index contributed by atoms with van der Waals surface area (Å²) in [5.74, 6) is -0.812. The Kier molecular flexibility index (Phi) is 5.09. The average molecular weight is 147 g/mol. The van der Waals surface area contributed by atoms with Crippen LogP contribution in [0.5, 0.6) is 0 Å². The van der Waals surface area contributed by atoms with Crippen LogP contribution in [0.15, 0.2) is 0 Å². The first-order valence-electron chi connectivity index (χ1n) is 1.67. The molecule has 0 saturated heterocycles. The Hall–Kier alpha value is -0.0226. The van der Waals surface area contributed by atoms with Crippen LogP contribution < -0.4 is 23.6 Å². The number of carbonyl (C=O) groups excluding carboxylic acids is 1. The molecule has 1 amide bonds. The molecule has 7 heteroatoms. The molecular formula is C2H6LiNO4S. The van der Waals surface area contributed by atoms with E-state index in [-0.39, 0.29) is 20.3 Å². The molecule has 0 aliphatic carbocycles. The van der Waals surface area contributed by atoms with Crippen LogP contribution in [-0.2, 0) is 15.1 Å². The second-order valence-corrected chi connectivity index (χ2v) is 2.29. The Bertz CT molecular complexity index is 189. The Morgan fingerprint density at radius 3 is 2.00 bits per heavy atom. The van der Waals surface area contributed by atoms with Crippen LogP contribution in [0.4, 0.5) is 0 Å². The number of hydrogen-bond acceptors (Lipinski definition) is 3. The fourth-order valence-electron chi connectivity index (χ4n) is 0.182. The van der Waals surface area contributed by atoms with Crippen LogP contribution in [0.2, 0.25) is 0 Å². The van der Waals surface area contributed by atoms with Crippen molar-refractivity contribution in [3.63, 3.8) is 0 Å². The number of nitrogens with one attached hydrogen (secondary N) is 1. The topological polar surface area (TPSA) is 83.5 Å². The van der Waals surface area contributed by atoms with Crippen LogP contribution in [0.3, 0.4) is 0 Å². The van der Waals surface area contributed by atoms with Crippen molar-refractivity contribution in [3.05, 3.63) is 0 Å². The van der Waals surface area contributed by atoms with Gasteiger partial charge < -0.3 is 1.43 Å². The summed E-state index contributed by atoms with van der Waals surface area (Å²) in [6.45, 7) is 0.980. The van der Waals surface area contributed by atoms with Crippen molar-refractivity contribution in [2.24, 2.45) is 0 Å². The smallest absolute Gasteiger partial charge is 1.00 e. The minimum atomic E-state index is -4.32. The van der Waals surface area contributed by atoms with Crippen LogP contribution in [0, 0.1) is 0 Å². The molecule has 0 unspecified atom stereocenters. The van der Waals surface area contributed by atoms with Crippen molar-refractivity contribution >= 4 is 16.2 Å².